The molecule has 0 unspecified atom stereocenters. The van der Waals surface area contributed by atoms with Crippen LogP contribution in [0, 0.1) is 12.7 Å². The third-order valence-electron chi connectivity index (χ3n) is 2.64. The van der Waals surface area contributed by atoms with Crippen molar-refractivity contribution in [2.75, 3.05) is 10.1 Å². The lowest BCUT2D eigenvalue weighted by atomic mass is 10.2. The first-order valence-corrected chi connectivity index (χ1v) is 7.12. The highest BCUT2D eigenvalue weighted by Gasteiger charge is 2.19. The van der Waals surface area contributed by atoms with Crippen molar-refractivity contribution in [3.8, 4) is 0 Å². The Bertz CT molecular complexity index is 734. The SMILES string of the molecule is Cc1cc(NS(=O)(=O)c2cnccc2NN)ccc1F. The van der Waals surface area contributed by atoms with Crippen LogP contribution >= 0.6 is 0 Å². The summed E-state index contributed by atoms with van der Waals surface area (Å²) in [5.74, 6) is 4.86. The van der Waals surface area contributed by atoms with Crippen molar-refractivity contribution in [3.63, 3.8) is 0 Å². The fourth-order valence-corrected chi connectivity index (χ4v) is 2.80. The molecule has 20 heavy (non-hydrogen) atoms. The number of nitrogens with one attached hydrogen (secondary N) is 2. The predicted molar refractivity (Wildman–Crippen MR) is 74.0 cm³/mol. The van der Waals surface area contributed by atoms with Crippen LogP contribution in [0.15, 0.2) is 41.6 Å². The summed E-state index contributed by atoms with van der Waals surface area (Å²) in [6.07, 6.45) is 2.59. The van der Waals surface area contributed by atoms with E-state index in [4.69, 9.17) is 5.84 Å². The molecule has 0 aliphatic carbocycles. The van der Waals surface area contributed by atoms with Gasteiger partial charge < -0.3 is 5.43 Å². The summed E-state index contributed by atoms with van der Waals surface area (Å²) in [6, 6.07) is 5.37. The van der Waals surface area contributed by atoms with Crippen LogP contribution in [0.2, 0.25) is 0 Å². The van der Waals surface area contributed by atoms with Gasteiger partial charge in [-0.25, -0.2) is 12.8 Å². The topological polar surface area (TPSA) is 97.1 Å². The number of nitrogens with zero attached hydrogens (tertiary/aromatic N) is 1. The molecule has 0 saturated carbocycles. The van der Waals surface area contributed by atoms with Gasteiger partial charge in [0.2, 0.25) is 0 Å². The lowest BCUT2D eigenvalue weighted by Gasteiger charge is -2.11. The van der Waals surface area contributed by atoms with Gasteiger partial charge in [-0.2, -0.15) is 0 Å². The number of hydrogen-bond donors (Lipinski definition) is 3. The van der Waals surface area contributed by atoms with Crippen molar-refractivity contribution >= 4 is 21.4 Å². The maximum Gasteiger partial charge on any atom is 0.265 e. The Labute approximate surface area is 115 Å². The highest BCUT2D eigenvalue weighted by molar-refractivity contribution is 7.92. The van der Waals surface area contributed by atoms with E-state index in [-0.39, 0.29) is 16.3 Å². The fourth-order valence-electron chi connectivity index (χ4n) is 1.63. The average molecular weight is 296 g/mol. The smallest absolute Gasteiger partial charge is 0.265 e. The quantitative estimate of drug-likeness (QED) is 0.588. The standard InChI is InChI=1S/C12H13FN4O2S/c1-8-6-9(2-3-10(8)13)17-20(18,19)12-7-15-5-4-11(12)16-14/h2-7,17H,14H2,1H3,(H,15,16). The first-order chi connectivity index (χ1) is 9.44. The van der Waals surface area contributed by atoms with Crippen LogP contribution < -0.4 is 16.0 Å². The lowest BCUT2D eigenvalue weighted by molar-refractivity contribution is 0.600. The zero-order chi connectivity index (χ0) is 14.8. The molecule has 0 fully saturated rings. The van der Waals surface area contributed by atoms with Gasteiger partial charge in [-0.1, -0.05) is 0 Å². The Morgan fingerprint density at radius 1 is 1.30 bits per heavy atom. The van der Waals surface area contributed by atoms with E-state index in [0.29, 0.717) is 5.56 Å². The first-order valence-electron chi connectivity index (χ1n) is 5.63. The molecule has 2 aromatic rings. The summed E-state index contributed by atoms with van der Waals surface area (Å²) in [5, 5.41) is 0. The molecule has 2 rings (SSSR count). The van der Waals surface area contributed by atoms with E-state index in [0.717, 1.165) is 0 Å². The molecule has 8 heteroatoms. The summed E-state index contributed by atoms with van der Waals surface area (Å²) in [6.45, 7) is 1.55. The van der Waals surface area contributed by atoms with Crippen molar-refractivity contribution in [1.29, 1.82) is 0 Å². The first kappa shape index (κ1) is 14.2. The largest absolute Gasteiger partial charge is 0.323 e. The van der Waals surface area contributed by atoms with Crippen LogP contribution in [0.5, 0.6) is 0 Å². The molecule has 0 aliphatic heterocycles. The van der Waals surface area contributed by atoms with Crippen LogP contribution in [-0.2, 0) is 10.0 Å². The molecule has 1 aromatic heterocycles. The Hall–Kier alpha value is -2.19. The molecule has 1 heterocycles. The maximum absolute atomic E-state index is 13.2. The molecule has 6 nitrogen and oxygen atoms in total. The van der Waals surface area contributed by atoms with Gasteiger partial charge in [0.25, 0.3) is 10.0 Å². The molecule has 0 spiro atoms. The lowest BCUT2D eigenvalue weighted by Crippen LogP contribution is -2.18. The summed E-state index contributed by atoms with van der Waals surface area (Å²) in [5.41, 5.74) is 3.10. The number of pyridine rings is 1. The van der Waals surface area contributed by atoms with E-state index in [2.05, 4.69) is 15.1 Å². The number of rotatable bonds is 4. The molecular weight excluding hydrogens is 283 g/mol. The predicted octanol–water partition coefficient (Wildman–Crippen LogP) is 1.62. The maximum atomic E-state index is 13.2. The monoisotopic (exact) mass is 296 g/mol. The number of hydrazine groups is 1. The molecule has 0 radical (unpaired) electrons. The van der Waals surface area contributed by atoms with Gasteiger partial charge in [0.05, 0.1) is 5.69 Å². The molecule has 0 atom stereocenters. The van der Waals surface area contributed by atoms with E-state index in [1.54, 1.807) is 6.92 Å². The van der Waals surface area contributed by atoms with E-state index >= 15 is 0 Å². The second kappa shape index (κ2) is 5.43. The van der Waals surface area contributed by atoms with Crippen LogP contribution in [0.25, 0.3) is 0 Å². The van der Waals surface area contributed by atoms with Gasteiger partial charge in [-0.05, 0) is 36.8 Å². The minimum absolute atomic E-state index is 0.0931. The zero-order valence-electron chi connectivity index (χ0n) is 10.6. The Morgan fingerprint density at radius 3 is 2.70 bits per heavy atom. The van der Waals surface area contributed by atoms with Crippen molar-refractivity contribution < 1.29 is 12.8 Å². The molecule has 0 aliphatic rings. The fraction of sp³-hybridized carbons (Fsp3) is 0.0833. The van der Waals surface area contributed by atoms with Gasteiger partial charge in [0, 0.05) is 18.1 Å². The molecule has 0 amide bonds. The van der Waals surface area contributed by atoms with Crippen LogP contribution in [0.3, 0.4) is 0 Å². The molecule has 0 bridgehead atoms. The van der Waals surface area contributed by atoms with E-state index in [1.165, 1.54) is 36.7 Å². The number of benzene rings is 1. The summed E-state index contributed by atoms with van der Waals surface area (Å²) in [4.78, 5) is 3.67. The van der Waals surface area contributed by atoms with Gasteiger partial charge in [-0.3, -0.25) is 15.5 Å². The van der Waals surface area contributed by atoms with Crippen molar-refractivity contribution in [3.05, 3.63) is 48.0 Å². The molecule has 0 saturated heterocycles. The minimum atomic E-state index is -3.86. The van der Waals surface area contributed by atoms with E-state index in [9.17, 15) is 12.8 Å². The number of nitrogen functional groups attached to an aromatic ring is 1. The van der Waals surface area contributed by atoms with Crippen LogP contribution in [-0.4, -0.2) is 13.4 Å². The number of hydrogen-bond acceptors (Lipinski definition) is 5. The summed E-state index contributed by atoms with van der Waals surface area (Å²) < 4.78 is 40.0. The Balaban J connectivity index is 2.38. The number of halogens is 1. The summed E-state index contributed by atoms with van der Waals surface area (Å²) >= 11 is 0. The Morgan fingerprint density at radius 2 is 2.05 bits per heavy atom. The number of sulfonamides is 1. The van der Waals surface area contributed by atoms with Crippen LogP contribution in [0.1, 0.15) is 5.56 Å². The molecular formula is C12H13FN4O2S. The number of anilines is 2. The Kier molecular flexibility index (Phi) is 3.86. The normalized spacial score (nSPS) is 11.2. The number of aryl methyl sites for hydroxylation is 1. The molecule has 4 N–H and O–H groups in total. The average Bonchev–Trinajstić information content (AvgIpc) is 2.42. The summed E-state index contributed by atoms with van der Waals surface area (Å²) in [7, 11) is -3.86. The van der Waals surface area contributed by atoms with Crippen LogP contribution in [0.4, 0.5) is 15.8 Å². The van der Waals surface area contributed by atoms with E-state index in [1.807, 2.05) is 0 Å². The van der Waals surface area contributed by atoms with Gasteiger partial charge >= 0.3 is 0 Å². The third-order valence-corrected chi connectivity index (χ3v) is 4.05. The van der Waals surface area contributed by atoms with Crippen molar-refractivity contribution in [2.24, 2.45) is 5.84 Å². The van der Waals surface area contributed by atoms with Gasteiger partial charge in [0.15, 0.2) is 0 Å². The number of aromatic nitrogens is 1. The third kappa shape index (κ3) is 2.86. The minimum Gasteiger partial charge on any atom is -0.323 e. The van der Waals surface area contributed by atoms with Gasteiger partial charge in [-0.15, -0.1) is 0 Å². The zero-order valence-corrected chi connectivity index (χ0v) is 11.4. The van der Waals surface area contributed by atoms with Gasteiger partial charge in [0.1, 0.15) is 10.7 Å². The molecule has 106 valence electrons. The second-order valence-electron chi connectivity index (χ2n) is 4.09. The van der Waals surface area contributed by atoms with Crippen molar-refractivity contribution in [1.82, 2.24) is 4.98 Å². The highest BCUT2D eigenvalue weighted by Crippen LogP contribution is 2.22. The molecule has 1 aromatic carbocycles. The highest BCUT2D eigenvalue weighted by atomic mass is 32.2. The van der Waals surface area contributed by atoms with E-state index < -0.39 is 15.8 Å². The number of nitrogens with two attached hydrogens (primary N) is 1. The van der Waals surface area contributed by atoms with Crippen molar-refractivity contribution in [2.45, 2.75) is 11.8 Å². The second-order valence-corrected chi connectivity index (χ2v) is 5.74.